The lowest BCUT2D eigenvalue weighted by atomic mass is 10.2. The first-order chi connectivity index (χ1) is 6.00. The van der Waals surface area contributed by atoms with Crippen LogP contribution in [0.2, 0.25) is 0 Å². The predicted octanol–water partition coefficient (Wildman–Crippen LogP) is 1.76. The second-order valence-electron chi connectivity index (χ2n) is 3.47. The van der Waals surface area contributed by atoms with E-state index in [1.54, 1.807) is 11.6 Å². The summed E-state index contributed by atoms with van der Waals surface area (Å²) < 4.78 is 1.62. The van der Waals surface area contributed by atoms with Crippen molar-refractivity contribution < 1.29 is 4.92 Å². The van der Waals surface area contributed by atoms with E-state index in [4.69, 9.17) is 0 Å². The van der Waals surface area contributed by atoms with E-state index in [0.717, 1.165) is 0 Å². The van der Waals surface area contributed by atoms with Gasteiger partial charge in [-0.05, 0) is 12.8 Å². The number of aryl methyl sites for hydroxylation is 1. The van der Waals surface area contributed by atoms with E-state index in [9.17, 15) is 10.1 Å². The summed E-state index contributed by atoms with van der Waals surface area (Å²) in [7, 11) is 0. The lowest BCUT2D eigenvalue weighted by Gasteiger charge is -2.02. The molecule has 0 atom stereocenters. The Labute approximate surface area is 76.5 Å². The average Bonchev–Trinajstić information content (AvgIpc) is 2.29. The zero-order valence-electron chi connectivity index (χ0n) is 8.02. The smallest absolute Gasteiger partial charge is 0.265 e. The quantitative estimate of drug-likeness (QED) is 0.529. The maximum Gasteiger partial charge on any atom is 0.309 e. The molecule has 5 heteroatoms. The highest BCUT2D eigenvalue weighted by Crippen LogP contribution is 2.15. The molecule has 0 aromatic carbocycles. The van der Waals surface area contributed by atoms with E-state index < -0.39 is 4.92 Å². The SMILES string of the molecule is Cc1nn(CC(C)C)cc1[N+](=O)[O-]. The van der Waals surface area contributed by atoms with Gasteiger partial charge in [-0.2, -0.15) is 5.10 Å². The fraction of sp³-hybridized carbons (Fsp3) is 0.625. The number of nitrogens with zero attached hydrogens (tertiary/aromatic N) is 3. The van der Waals surface area contributed by atoms with Crippen molar-refractivity contribution in [1.82, 2.24) is 9.78 Å². The number of hydrogen-bond donors (Lipinski definition) is 0. The Morgan fingerprint density at radius 2 is 2.31 bits per heavy atom. The van der Waals surface area contributed by atoms with Crippen LogP contribution in [0.25, 0.3) is 0 Å². The van der Waals surface area contributed by atoms with Gasteiger partial charge in [0, 0.05) is 6.54 Å². The predicted molar refractivity (Wildman–Crippen MR) is 48.5 cm³/mol. The van der Waals surface area contributed by atoms with E-state index in [2.05, 4.69) is 5.10 Å². The summed E-state index contributed by atoms with van der Waals surface area (Å²) in [6.07, 6.45) is 1.48. The summed E-state index contributed by atoms with van der Waals surface area (Å²) in [5.41, 5.74) is 0.575. The largest absolute Gasteiger partial charge is 0.309 e. The highest BCUT2D eigenvalue weighted by atomic mass is 16.6. The Bertz CT molecular complexity index is 317. The van der Waals surface area contributed by atoms with Crippen LogP contribution < -0.4 is 0 Å². The number of nitro groups is 1. The molecule has 13 heavy (non-hydrogen) atoms. The Morgan fingerprint density at radius 1 is 1.69 bits per heavy atom. The summed E-state index contributed by atoms with van der Waals surface area (Å²) in [4.78, 5) is 10.1. The first-order valence-electron chi connectivity index (χ1n) is 4.19. The van der Waals surface area contributed by atoms with Crippen LogP contribution in [0.4, 0.5) is 5.69 Å². The van der Waals surface area contributed by atoms with Gasteiger partial charge in [0.25, 0.3) is 0 Å². The average molecular weight is 183 g/mol. The summed E-state index contributed by atoms with van der Waals surface area (Å²) in [6.45, 7) is 6.45. The zero-order valence-corrected chi connectivity index (χ0v) is 8.02. The van der Waals surface area contributed by atoms with Gasteiger partial charge in [0.2, 0.25) is 0 Å². The third-order valence-corrected chi connectivity index (χ3v) is 1.67. The van der Waals surface area contributed by atoms with Crippen LogP contribution in [0.1, 0.15) is 19.5 Å². The van der Waals surface area contributed by atoms with Crippen molar-refractivity contribution in [3.63, 3.8) is 0 Å². The molecule has 0 spiro atoms. The van der Waals surface area contributed by atoms with E-state index in [1.165, 1.54) is 6.20 Å². The summed E-state index contributed by atoms with van der Waals surface area (Å²) in [6, 6.07) is 0. The van der Waals surface area contributed by atoms with Crippen LogP contribution in [0.15, 0.2) is 6.20 Å². The molecule has 0 unspecified atom stereocenters. The molecule has 1 heterocycles. The highest BCUT2D eigenvalue weighted by molar-refractivity contribution is 5.30. The monoisotopic (exact) mass is 183 g/mol. The van der Waals surface area contributed by atoms with E-state index in [1.807, 2.05) is 13.8 Å². The van der Waals surface area contributed by atoms with Crippen molar-refractivity contribution in [2.24, 2.45) is 5.92 Å². The molecule has 0 radical (unpaired) electrons. The molecule has 1 aromatic heterocycles. The third-order valence-electron chi connectivity index (χ3n) is 1.67. The second kappa shape index (κ2) is 3.55. The minimum Gasteiger partial charge on any atom is -0.265 e. The highest BCUT2D eigenvalue weighted by Gasteiger charge is 2.15. The van der Waals surface area contributed by atoms with E-state index in [0.29, 0.717) is 18.2 Å². The van der Waals surface area contributed by atoms with Gasteiger partial charge >= 0.3 is 5.69 Å². The third kappa shape index (κ3) is 2.27. The molecule has 72 valence electrons. The summed E-state index contributed by atoms with van der Waals surface area (Å²) >= 11 is 0. The van der Waals surface area contributed by atoms with E-state index >= 15 is 0 Å². The minimum atomic E-state index is -0.404. The molecule has 0 amide bonds. The molecule has 0 aliphatic rings. The second-order valence-corrected chi connectivity index (χ2v) is 3.47. The van der Waals surface area contributed by atoms with Gasteiger partial charge in [0.15, 0.2) is 0 Å². The van der Waals surface area contributed by atoms with Crippen molar-refractivity contribution in [3.05, 3.63) is 22.0 Å². The van der Waals surface area contributed by atoms with Crippen LogP contribution >= 0.6 is 0 Å². The lowest BCUT2D eigenvalue weighted by molar-refractivity contribution is -0.385. The standard InChI is InChI=1S/C8H13N3O2/c1-6(2)4-10-5-8(11(12)13)7(3)9-10/h5-6H,4H2,1-3H3. The van der Waals surface area contributed by atoms with Crippen molar-refractivity contribution in [2.75, 3.05) is 0 Å². The van der Waals surface area contributed by atoms with Crippen LogP contribution in [0.5, 0.6) is 0 Å². The van der Waals surface area contributed by atoms with Gasteiger partial charge in [-0.1, -0.05) is 13.8 Å². The van der Waals surface area contributed by atoms with Gasteiger partial charge in [-0.15, -0.1) is 0 Å². The number of rotatable bonds is 3. The maximum atomic E-state index is 10.5. The molecule has 5 nitrogen and oxygen atoms in total. The Kier molecular flexibility index (Phi) is 2.65. The van der Waals surface area contributed by atoms with Crippen LogP contribution in [0.3, 0.4) is 0 Å². The fourth-order valence-electron chi connectivity index (χ4n) is 1.15. The van der Waals surface area contributed by atoms with Crippen LogP contribution in [-0.4, -0.2) is 14.7 Å². The van der Waals surface area contributed by atoms with Crippen LogP contribution in [-0.2, 0) is 6.54 Å². The normalized spacial score (nSPS) is 10.8. The van der Waals surface area contributed by atoms with Gasteiger partial charge < -0.3 is 0 Å². The molecule has 1 aromatic rings. The molecule has 0 aliphatic heterocycles. The molecular weight excluding hydrogens is 170 g/mol. The van der Waals surface area contributed by atoms with Crippen molar-refractivity contribution >= 4 is 5.69 Å². The molecule has 0 bridgehead atoms. The molecule has 1 rings (SSSR count). The maximum absolute atomic E-state index is 10.5. The zero-order chi connectivity index (χ0) is 10.0. The Hall–Kier alpha value is -1.39. The topological polar surface area (TPSA) is 61.0 Å². The number of hydrogen-bond acceptors (Lipinski definition) is 3. The molecule has 0 fully saturated rings. The molecule has 0 aliphatic carbocycles. The molecule has 0 saturated heterocycles. The number of aromatic nitrogens is 2. The van der Waals surface area contributed by atoms with Crippen molar-refractivity contribution in [1.29, 1.82) is 0 Å². The van der Waals surface area contributed by atoms with Gasteiger partial charge in [0.1, 0.15) is 11.9 Å². The molecule has 0 N–H and O–H groups in total. The first-order valence-corrected chi connectivity index (χ1v) is 4.19. The summed E-state index contributed by atoms with van der Waals surface area (Å²) in [5.74, 6) is 0.443. The van der Waals surface area contributed by atoms with Crippen molar-refractivity contribution in [2.45, 2.75) is 27.3 Å². The molecule has 0 saturated carbocycles. The first kappa shape index (κ1) is 9.70. The van der Waals surface area contributed by atoms with Gasteiger partial charge in [0.05, 0.1) is 4.92 Å². The fourth-order valence-corrected chi connectivity index (χ4v) is 1.15. The molecular formula is C8H13N3O2. The minimum absolute atomic E-state index is 0.0978. The Morgan fingerprint density at radius 3 is 2.69 bits per heavy atom. The van der Waals surface area contributed by atoms with Gasteiger partial charge in [-0.3, -0.25) is 14.8 Å². The lowest BCUT2D eigenvalue weighted by Crippen LogP contribution is -2.04. The van der Waals surface area contributed by atoms with Crippen LogP contribution in [0, 0.1) is 23.0 Å². The van der Waals surface area contributed by atoms with Crippen molar-refractivity contribution in [3.8, 4) is 0 Å². The summed E-state index contributed by atoms with van der Waals surface area (Å²) in [5, 5.41) is 14.5. The Balaban J connectivity index is 2.89. The van der Waals surface area contributed by atoms with Gasteiger partial charge in [-0.25, -0.2) is 0 Å². The van der Waals surface area contributed by atoms with E-state index in [-0.39, 0.29) is 5.69 Å².